The van der Waals surface area contributed by atoms with Gasteiger partial charge in [-0.3, -0.25) is 0 Å². The van der Waals surface area contributed by atoms with Gasteiger partial charge in [-0.2, -0.15) is 0 Å². The van der Waals surface area contributed by atoms with E-state index in [0.717, 1.165) is 11.3 Å². The van der Waals surface area contributed by atoms with Crippen LogP contribution in [0.4, 0.5) is 5.13 Å². The van der Waals surface area contributed by atoms with E-state index < -0.39 is 10.0 Å². The highest BCUT2D eigenvalue weighted by Crippen LogP contribution is 2.12. The Bertz CT molecular complexity index is 386. The van der Waals surface area contributed by atoms with E-state index >= 15 is 0 Å². The first-order valence-electron chi connectivity index (χ1n) is 4.00. The van der Waals surface area contributed by atoms with E-state index in [1.807, 2.05) is 0 Å². The Morgan fingerprint density at radius 2 is 2.21 bits per heavy atom. The summed E-state index contributed by atoms with van der Waals surface area (Å²) < 4.78 is 23.8. The van der Waals surface area contributed by atoms with Crippen molar-refractivity contribution in [2.75, 3.05) is 18.5 Å². The average molecular weight is 236 g/mol. The molecule has 0 saturated carbocycles. The third-order valence-electron chi connectivity index (χ3n) is 1.41. The van der Waals surface area contributed by atoms with E-state index in [1.54, 1.807) is 0 Å². The number of anilines is 1. The molecule has 0 amide bonds. The number of hydrogen-bond acceptors (Lipinski definition) is 6. The number of sulfonamides is 1. The van der Waals surface area contributed by atoms with E-state index in [9.17, 15) is 8.42 Å². The van der Waals surface area contributed by atoms with Crippen LogP contribution in [0.2, 0.25) is 0 Å². The molecule has 14 heavy (non-hydrogen) atoms. The van der Waals surface area contributed by atoms with Crippen LogP contribution in [0.1, 0.15) is 11.4 Å². The highest BCUT2D eigenvalue weighted by Gasteiger charge is 2.02. The molecule has 80 valence electrons. The fraction of sp³-hybridized carbons (Fsp3) is 0.667. The van der Waals surface area contributed by atoms with Gasteiger partial charge in [0.05, 0.1) is 6.26 Å². The summed E-state index contributed by atoms with van der Waals surface area (Å²) in [7, 11) is -3.08. The maximum atomic E-state index is 10.7. The molecule has 6 nitrogen and oxygen atoms in total. The molecule has 1 aromatic heterocycles. The number of aromatic nitrogens is 2. The molecular formula is C6H12N4O2S2. The van der Waals surface area contributed by atoms with Crippen LogP contribution in [0.25, 0.3) is 0 Å². The summed E-state index contributed by atoms with van der Waals surface area (Å²) >= 11 is 1.32. The lowest BCUT2D eigenvalue weighted by Gasteiger charge is -1.99. The Morgan fingerprint density at radius 3 is 2.71 bits per heavy atom. The van der Waals surface area contributed by atoms with E-state index in [-0.39, 0.29) is 0 Å². The molecule has 3 N–H and O–H groups in total. The Hall–Kier alpha value is -0.730. The van der Waals surface area contributed by atoms with Crippen molar-refractivity contribution in [2.45, 2.75) is 12.8 Å². The summed E-state index contributed by atoms with van der Waals surface area (Å²) in [6.45, 7) is 0.415. The van der Waals surface area contributed by atoms with Crippen molar-refractivity contribution in [3.8, 4) is 0 Å². The molecule has 0 saturated heterocycles. The topological polar surface area (TPSA) is 98.0 Å². The van der Waals surface area contributed by atoms with Crippen LogP contribution in [0.5, 0.6) is 0 Å². The van der Waals surface area contributed by atoms with Crippen molar-refractivity contribution in [1.29, 1.82) is 0 Å². The molecule has 1 heterocycles. The third kappa shape index (κ3) is 4.49. The smallest absolute Gasteiger partial charge is 0.208 e. The van der Waals surface area contributed by atoms with Gasteiger partial charge in [0.2, 0.25) is 15.2 Å². The summed E-state index contributed by atoms with van der Waals surface area (Å²) in [6, 6.07) is 0. The lowest BCUT2D eigenvalue weighted by molar-refractivity contribution is 0.585. The van der Waals surface area contributed by atoms with Crippen LogP contribution < -0.4 is 10.5 Å². The van der Waals surface area contributed by atoms with Crippen molar-refractivity contribution in [1.82, 2.24) is 14.9 Å². The summed E-state index contributed by atoms with van der Waals surface area (Å²) in [5, 5.41) is 8.74. The number of nitrogen functional groups attached to an aromatic ring is 1. The number of nitrogens with one attached hydrogen (secondary N) is 1. The van der Waals surface area contributed by atoms with Gasteiger partial charge >= 0.3 is 0 Å². The number of nitrogens with zero attached hydrogens (tertiary/aromatic N) is 2. The van der Waals surface area contributed by atoms with Gasteiger partial charge in [0.1, 0.15) is 5.01 Å². The first kappa shape index (κ1) is 11.3. The summed E-state index contributed by atoms with van der Waals surface area (Å²) in [6.07, 6.45) is 2.52. The molecule has 1 rings (SSSR count). The fourth-order valence-electron chi connectivity index (χ4n) is 0.865. The zero-order valence-corrected chi connectivity index (χ0v) is 9.36. The van der Waals surface area contributed by atoms with Gasteiger partial charge in [-0.25, -0.2) is 13.1 Å². The number of aryl methyl sites for hydroxylation is 1. The van der Waals surface area contributed by atoms with Crippen molar-refractivity contribution < 1.29 is 8.42 Å². The molecule has 0 radical (unpaired) electrons. The van der Waals surface area contributed by atoms with Crippen LogP contribution in [0, 0.1) is 0 Å². The summed E-state index contributed by atoms with van der Waals surface area (Å²) in [5.41, 5.74) is 5.39. The van der Waals surface area contributed by atoms with E-state index in [4.69, 9.17) is 5.73 Å². The number of rotatable bonds is 5. The molecule has 0 spiro atoms. The fourth-order valence-corrected chi connectivity index (χ4v) is 2.03. The molecular weight excluding hydrogens is 224 g/mol. The largest absolute Gasteiger partial charge is 0.374 e. The maximum Gasteiger partial charge on any atom is 0.208 e. The normalized spacial score (nSPS) is 11.8. The number of hydrogen-bond donors (Lipinski definition) is 2. The lowest BCUT2D eigenvalue weighted by atomic mass is 10.3. The minimum Gasteiger partial charge on any atom is -0.374 e. The zero-order chi connectivity index (χ0) is 10.6. The predicted molar refractivity (Wildman–Crippen MR) is 55.5 cm³/mol. The summed E-state index contributed by atoms with van der Waals surface area (Å²) in [5.74, 6) is 0. The minimum absolute atomic E-state index is 0.415. The Labute approximate surface area is 86.6 Å². The molecule has 0 aliphatic heterocycles. The third-order valence-corrected chi connectivity index (χ3v) is 2.95. The molecule has 8 heteroatoms. The van der Waals surface area contributed by atoms with Crippen molar-refractivity contribution >= 4 is 26.5 Å². The molecule has 0 bridgehead atoms. The number of nitrogens with two attached hydrogens (primary N) is 1. The molecule has 1 aromatic rings. The van der Waals surface area contributed by atoms with Crippen LogP contribution in [0.3, 0.4) is 0 Å². The predicted octanol–water partition coefficient (Wildman–Crippen LogP) is -0.398. The van der Waals surface area contributed by atoms with Crippen LogP contribution in [0.15, 0.2) is 0 Å². The quantitative estimate of drug-likeness (QED) is 0.678. The second-order valence-corrected chi connectivity index (χ2v) is 5.73. The molecule has 0 aromatic carbocycles. The summed E-state index contributed by atoms with van der Waals surface area (Å²) in [4.78, 5) is 0. The van der Waals surface area contributed by atoms with Crippen LogP contribution in [-0.4, -0.2) is 31.4 Å². The average Bonchev–Trinajstić information content (AvgIpc) is 2.44. The van der Waals surface area contributed by atoms with Crippen LogP contribution in [-0.2, 0) is 16.4 Å². The Kier molecular flexibility index (Phi) is 3.78. The van der Waals surface area contributed by atoms with Gasteiger partial charge in [0.15, 0.2) is 0 Å². The van der Waals surface area contributed by atoms with E-state index in [0.29, 0.717) is 24.5 Å². The van der Waals surface area contributed by atoms with Gasteiger partial charge in [-0.15, -0.1) is 10.2 Å². The zero-order valence-electron chi connectivity index (χ0n) is 7.73. The molecule has 0 atom stereocenters. The first-order valence-corrected chi connectivity index (χ1v) is 6.70. The highest BCUT2D eigenvalue weighted by molar-refractivity contribution is 7.88. The molecule has 0 aliphatic carbocycles. The monoisotopic (exact) mass is 236 g/mol. The first-order chi connectivity index (χ1) is 6.47. The van der Waals surface area contributed by atoms with Gasteiger partial charge in [-0.1, -0.05) is 11.3 Å². The van der Waals surface area contributed by atoms with Gasteiger partial charge < -0.3 is 5.73 Å². The van der Waals surface area contributed by atoms with Gasteiger partial charge in [0.25, 0.3) is 0 Å². The lowest BCUT2D eigenvalue weighted by Crippen LogP contribution is -2.23. The van der Waals surface area contributed by atoms with Crippen LogP contribution >= 0.6 is 11.3 Å². The standard InChI is InChI=1S/C6H12N4O2S2/c1-14(11,12)8-4-2-3-5-9-10-6(7)13-5/h8H,2-4H2,1H3,(H2,7,10). The second kappa shape index (κ2) is 4.67. The second-order valence-electron chi connectivity index (χ2n) is 2.80. The van der Waals surface area contributed by atoms with Crippen molar-refractivity contribution in [2.24, 2.45) is 0 Å². The van der Waals surface area contributed by atoms with Crippen molar-refractivity contribution in [3.05, 3.63) is 5.01 Å². The molecule has 0 fully saturated rings. The van der Waals surface area contributed by atoms with E-state index in [1.165, 1.54) is 11.3 Å². The van der Waals surface area contributed by atoms with Gasteiger partial charge in [-0.05, 0) is 6.42 Å². The highest BCUT2D eigenvalue weighted by atomic mass is 32.2. The molecule has 0 aliphatic rings. The Morgan fingerprint density at radius 1 is 1.50 bits per heavy atom. The SMILES string of the molecule is CS(=O)(=O)NCCCc1nnc(N)s1. The molecule has 0 unspecified atom stereocenters. The van der Waals surface area contributed by atoms with Gasteiger partial charge in [0, 0.05) is 13.0 Å². The minimum atomic E-state index is -3.08. The maximum absolute atomic E-state index is 10.7. The Balaban J connectivity index is 2.23. The van der Waals surface area contributed by atoms with E-state index in [2.05, 4.69) is 14.9 Å². The van der Waals surface area contributed by atoms with Crippen molar-refractivity contribution in [3.63, 3.8) is 0 Å².